The van der Waals surface area contributed by atoms with Crippen LogP contribution in [0.3, 0.4) is 0 Å². The topological polar surface area (TPSA) is 6.48 Å². The number of nitrogens with zero attached hydrogens (tertiary/aromatic N) is 2. The Morgan fingerprint density at radius 1 is 0.205 bits per heavy atom. The van der Waals surface area contributed by atoms with Gasteiger partial charge in [-0.05, 0) is 219 Å². The van der Waals surface area contributed by atoms with Crippen molar-refractivity contribution in [1.82, 2.24) is 0 Å². The van der Waals surface area contributed by atoms with Gasteiger partial charge in [-0.15, -0.1) is 0 Å². The maximum Gasteiger partial charge on any atom is 0.197 e. The van der Waals surface area contributed by atoms with E-state index in [1.54, 1.807) is 48.6 Å². The van der Waals surface area contributed by atoms with Crippen LogP contribution in [-0.4, -0.2) is 0 Å². The number of rotatable bonds is 17. The lowest BCUT2D eigenvalue weighted by molar-refractivity contribution is 0.399. The van der Waals surface area contributed by atoms with Gasteiger partial charge in [-0.1, -0.05) is 280 Å². The van der Waals surface area contributed by atoms with Crippen molar-refractivity contribution in [2.24, 2.45) is 0 Å². The number of anilines is 6. The first-order chi connectivity index (χ1) is 54.7. The highest BCUT2D eigenvalue weighted by Crippen LogP contribution is 2.61. The number of benzene rings is 16. The zero-order chi connectivity index (χ0) is 76.5. The molecule has 2 nitrogen and oxygen atoms in total. The summed E-state index contributed by atoms with van der Waals surface area (Å²) in [5.41, 5.74) is 17.2. The van der Waals surface area contributed by atoms with Crippen molar-refractivity contribution in [3.8, 4) is 77.9 Å². The zero-order valence-electron chi connectivity index (χ0n) is 60.0. The molecule has 0 heterocycles. The fourth-order valence-electron chi connectivity index (χ4n) is 16.9. The lowest BCUT2D eigenvalue weighted by Crippen LogP contribution is -2.31. The minimum Gasteiger partial charge on any atom is -0.310 e. The van der Waals surface area contributed by atoms with E-state index in [1.165, 1.54) is 0 Å². The Hall–Kier alpha value is -14.0. The summed E-state index contributed by atoms with van der Waals surface area (Å²) >= 11 is 0. The zero-order valence-corrected chi connectivity index (χ0v) is 60.0. The number of halogens is 8. The van der Waals surface area contributed by atoms with Gasteiger partial charge in [0.15, 0.2) is 46.5 Å². The summed E-state index contributed by atoms with van der Waals surface area (Å²) in [5, 5.41) is 0. The fraction of sp³-hybridized carbons (Fsp3) is 0.0196. The summed E-state index contributed by atoms with van der Waals surface area (Å²) < 4.78 is 129. The average molecular weight is 1470 g/mol. The van der Waals surface area contributed by atoms with Gasteiger partial charge in [0, 0.05) is 45.3 Å². The third kappa shape index (κ3) is 11.6. The second kappa shape index (κ2) is 28.2. The van der Waals surface area contributed by atoms with Crippen LogP contribution in [0.1, 0.15) is 55.6 Å². The molecule has 16 aromatic carbocycles. The first kappa shape index (κ1) is 69.8. The molecule has 18 rings (SSSR count). The molecule has 2 atom stereocenters. The molecule has 112 heavy (non-hydrogen) atoms. The van der Waals surface area contributed by atoms with E-state index in [9.17, 15) is 0 Å². The molecular weight excluding hydrogens is 1410 g/mol. The van der Waals surface area contributed by atoms with E-state index in [4.69, 9.17) is 0 Å². The molecule has 0 saturated heterocycles. The van der Waals surface area contributed by atoms with Crippen LogP contribution >= 0.6 is 0 Å². The second-order valence-electron chi connectivity index (χ2n) is 28.2. The van der Waals surface area contributed by atoms with Crippen LogP contribution in [0.4, 0.5) is 69.2 Å². The van der Waals surface area contributed by atoms with E-state index in [0.717, 1.165) is 102 Å². The summed E-state index contributed by atoms with van der Waals surface area (Å²) in [6.45, 7) is 7.91. The lowest BCUT2D eigenvalue weighted by Gasteiger charge is -2.35. The molecule has 0 N–H and O–H groups in total. The Balaban J connectivity index is 0.772. The standard InChI is InChI=1S/C102H64F8N2/c1-3-63-29-41-75(42-30-63)101(91-61-93(103)97(107)99(109)95(91)105)87-27-13-11-25-83(87)85-55-53-81(59-89(85)101)111(79-49-37-69(38-50-79)73-23-15-21-71(57-73)65-17-7-5-8-18-65)77-45-33-67(34-46-77)68-35-47-78(48-36-68)112(80-51-39-70(40-52-80)74-24-16-22-72(58-74)66-19-9-6-10-20-66)82-54-56-86-84-26-12-14-28-88(84)102(90(86)60-82,76-43-31-64(4-2)32-44-76)92-62-94(104)98(108)100(110)96(92)106/h3-62H,1-2H2. The molecular formula is C102H64F8N2. The Morgan fingerprint density at radius 2 is 0.482 bits per heavy atom. The highest BCUT2D eigenvalue weighted by Gasteiger charge is 2.51. The van der Waals surface area contributed by atoms with Gasteiger partial charge in [0.2, 0.25) is 0 Å². The van der Waals surface area contributed by atoms with E-state index in [1.807, 2.05) is 218 Å². The van der Waals surface area contributed by atoms with Crippen LogP contribution in [0.15, 0.2) is 365 Å². The minimum absolute atomic E-state index is 0.398. The van der Waals surface area contributed by atoms with Crippen LogP contribution in [0.5, 0.6) is 0 Å². The summed E-state index contributed by atoms with van der Waals surface area (Å²) in [7, 11) is 0. The van der Waals surface area contributed by atoms with Crippen molar-refractivity contribution >= 4 is 46.3 Å². The number of fused-ring (bicyclic) bond motifs is 6. The van der Waals surface area contributed by atoms with Gasteiger partial charge >= 0.3 is 0 Å². The lowest BCUT2D eigenvalue weighted by atomic mass is 9.67. The molecule has 0 aromatic heterocycles. The molecule has 0 spiro atoms. The molecule has 0 aliphatic heterocycles. The molecule has 0 bridgehead atoms. The summed E-state index contributed by atoms with van der Waals surface area (Å²) in [5.74, 6) is -13.8. The van der Waals surface area contributed by atoms with Crippen LogP contribution in [0, 0.1) is 46.5 Å². The molecule has 538 valence electrons. The Morgan fingerprint density at radius 3 is 0.812 bits per heavy atom. The molecule has 2 aliphatic carbocycles. The second-order valence-corrected chi connectivity index (χ2v) is 28.2. The number of hydrogen-bond acceptors (Lipinski definition) is 2. The monoisotopic (exact) mass is 1470 g/mol. The molecule has 2 aliphatic rings. The SMILES string of the molecule is C=Cc1ccc(C2(c3cc(F)c(F)c(F)c3F)c3ccccc3-c3ccc(N(c4ccc(-c5ccc(N(c6ccc(-c7cccc(-c8ccccc8)c7)cc6)c6ccc7c(c6)C(c6ccc(C=C)cc6)(c6cc(F)c(F)c(F)c6F)c6ccccc6-7)cc5)cc4)c4ccc(-c5cccc(-c6ccccc6)c5)cc4)cc32)cc1. The molecule has 0 fully saturated rings. The highest BCUT2D eigenvalue weighted by molar-refractivity contribution is 5.93. The molecule has 10 heteroatoms. The van der Waals surface area contributed by atoms with Crippen LogP contribution < -0.4 is 9.80 Å². The number of hydrogen-bond donors (Lipinski definition) is 0. The van der Waals surface area contributed by atoms with Crippen molar-refractivity contribution < 1.29 is 35.1 Å². The van der Waals surface area contributed by atoms with Crippen molar-refractivity contribution in [3.05, 3.63) is 467 Å². The fourth-order valence-corrected chi connectivity index (χ4v) is 16.9. The minimum atomic E-state index is -1.92. The third-order valence-corrected chi connectivity index (χ3v) is 22.2. The van der Waals surface area contributed by atoms with Crippen molar-refractivity contribution in [1.29, 1.82) is 0 Å². The van der Waals surface area contributed by atoms with Gasteiger partial charge in [0.25, 0.3) is 0 Å². The molecule has 0 radical (unpaired) electrons. The van der Waals surface area contributed by atoms with Crippen molar-refractivity contribution in [2.45, 2.75) is 10.8 Å². The predicted octanol–water partition coefficient (Wildman–Crippen LogP) is 28.1. The average Bonchev–Trinajstić information content (AvgIpc) is 1.52. The smallest absolute Gasteiger partial charge is 0.197 e. The van der Waals surface area contributed by atoms with Gasteiger partial charge in [-0.2, -0.15) is 0 Å². The van der Waals surface area contributed by atoms with E-state index in [-0.39, 0.29) is 0 Å². The molecule has 16 aromatic rings. The molecule has 0 amide bonds. The molecule has 0 saturated carbocycles. The maximum absolute atomic E-state index is 17.2. The highest BCUT2D eigenvalue weighted by atomic mass is 19.2. The largest absolute Gasteiger partial charge is 0.310 e. The van der Waals surface area contributed by atoms with Gasteiger partial charge in [-0.25, -0.2) is 35.1 Å². The van der Waals surface area contributed by atoms with Crippen LogP contribution in [-0.2, 0) is 10.8 Å². The van der Waals surface area contributed by atoms with Gasteiger partial charge in [0.05, 0.1) is 10.8 Å². The van der Waals surface area contributed by atoms with Crippen LogP contribution in [0.2, 0.25) is 0 Å². The predicted molar refractivity (Wildman–Crippen MR) is 437 cm³/mol. The third-order valence-electron chi connectivity index (χ3n) is 22.2. The quantitative estimate of drug-likeness (QED) is 0.0509. The first-order valence-electron chi connectivity index (χ1n) is 36.7. The van der Waals surface area contributed by atoms with E-state index in [0.29, 0.717) is 67.0 Å². The maximum atomic E-state index is 17.2. The summed E-state index contributed by atoms with van der Waals surface area (Å²) in [6.07, 6.45) is 3.34. The Kier molecular flexibility index (Phi) is 17.6. The van der Waals surface area contributed by atoms with Crippen molar-refractivity contribution in [2.75, 3.05) is 9.80 Å². The van der Waals surface area contributed by atoms with E-state index in [2.05, 4.69) is 108 Å². The van der Waals surface area contributed by atoms with Gasteiger partial charge in [-0.3, -0.25) is 0 Å². The first-order valence-corrected chi connectivity index (χ1v) is 36.7. The van der Waals surface area contributed by atoms with Crippen LogP contribution in [0.25, 0.3) is 90.0 Å². The van der Waals surface area contributed by atoms with E-state index < -0.39 is 68.5 Å². The summed E-state index contributed by atoms with van der Waals surface area (Å²) in [6, 6.07) is 112. The Labute approximate surface area is 643 Å². The molecule has 2 unspecified atom stereocenters. The van der Waals surface area contributed by atoms with Crippen molar-refractivity contribution in [3.63, 3.8) is 0 Å². The Bertz CT molecular complexity index is 5980. The van der Waals surface area contributed by atoms with E-state index >= 15 is 35.1 Å². The normalized spacial score (nSPS) is 14.4. The van der Waals surface area contributed by atoms with Gasteiger partial charge < -0.3 is 9.80 Å². The summed E-state index contributed by atoms with van der Waals surface area (Å²) in [4.78, 5) is 4.16. The van der Waals surface area contributed by atoms with Gasteiger partial charge in [0.1, 0.15) is 0 Å².